The van der Waals surface area contributed by atoms with Crippen LogP contribution in [-0.4, -0.2) is 42.4 Å². The predicted octanol–water partition coefficient (Wildman–Crippen LogP) is 0.527. The molecule has 1 fully saturated rings. The Balaban J connectivity index is 1.92. The number of benzene rings is 1. The van der Waals surface area contributed by atoms with Gasteiger partial charge in [0.1, 0.15) is 0 Å². The molecule has 3 N–H and O–H groups in total. The summed E-state index contributed by atoms with van der Waals surface area (Å²) in [5.41, 5.74) is 7.12. The molecule has 2 rings (SSSR count). The third-order valence-corrected chi connectivity index (χ3v) is 3.05. The first kappa shape index (κ1) is 12.8. The summed E-state index contributed by atoms with van der Waals surface area (Å²) in [4.78, 5) is 2.04. The van der Waals surface area contributed by atoms with Crippen LogP contribution in [0.15, 0.2) is 24.3 Å². The van der Waals surface area contributed by atoms with Crippen LogP contribution in [0.1, 0.15) is 11.7 Å². The molecule has 0 radical (unpaired) electrons. The minimum Gasteiger partial charge on any atom is -0.399 e. The molecule has 0 saturated carbocycles. The average molecular weight is 247 g/mol. The average Bonchev–Trinajstić information content (AvgIpc) is 2.39. The van der Waals surface area contributed by atoms with Crippen molar-refractivity contribution in [1.82, 2.24) is 4.90 Å². The van der Waals surface area contributed by atoms with E-state index < -0.39 is 12.2 Å². The lowest BCUT2D eigenvalue weighted by molar-refractivity contribution is -0.0159. The van der Waals surface area contributed by atoms with E-state index in [-0.39, 0.29) is 0 Å². The highest BCUT2D eigenvalue weighted by Gasteiger charge is 2.22. The molecule has 1 aromatic rings. The molecule has 0 bridgehead atoms. The number of β-amino-alcohol motifs (C(OH)–C–C–N with tert-alkyl or cyclic N) is 1. The SMILES string of the molecule is N#CC1CN(CC(O)c2ccc(N)cc2)CCO1. The second kappa shape index (κ2) is 5.83. The molecule has 0 spiro atoms. The van der Waals surface area contributed by atoms with Gasteiger partial charge in [0.05, 0.1) is 18.8 Å². The minimum atomic E-state index is -0.567. The highest BCUT2D eigenvalue weighted by atomic mass is 16.5. The fourth-order valence-electron chi connectivity index (χ4n) is 2.01. The summed E-state index contributed by atoms with van der Waals surface area (Å²) in [5, 5.41) is 18.9. The van der Waals surface area contributed by atoms with Crippen molar-refractivity contribution in [2.24, 2.45) is 0 Å². The summed E-state index contributed by atoms with van der Waals surface area (Å²) in [5.74, 6) is 0. The number of anilines is 1. The van der Waals surface area contributed by atoms with Crippen LogP contribution in [-0.2, 0) is 4.74 Å². The number of aliphatic hydroxyl groups is 1. The zero-order valence-corrected chi connectivity index (χ0v) is 10.1. The lowest BCUT2D eigenvalue weighted by Crippen LogP contribution is -2.43. The molecule has 1 saturated heterocycles. The quantitative estimate of drug-likeness (QED) is 0.761. The lowest BCUT2D eigenvalue weighted by atomic mass is 10.1. The number of nitrogen functional groups attached to an aromatic ring is 1. The molecule has 5 nitrogen and oxygen atoms in total. The van der Waals surface area contributed by atoms with Gasteiger partial charge in [-0.2, -0.15) is 5.26 Å². The number of nitrogens with two attached hydrogens (primary N) is 1. The Morgan fingerprint density at radius 1 is 1.50 bits per heavy atom. The largest absolute Gasteiger partial charge is 0.399 e. The van der Waals surface area contributed by atoms with Crippen molar-refractivity contribution in [2.45, 2.75) is 12.2 Å². The van der Waals surface area contributed by atoms with E-state index in [1.807, 2.05) is 17.0 Å². The molecule has 0 aliphatic carbocycles. The maximum absolute atomic E-state index is 10.1. The molecule has 0 amide bonds. The van der Waals surface area contributed by atoms with Crippen LogP contribution in [0.2, 0.25) is 0 Å². The van der Waals surface area contributed by atoms with E-state index in [0.717, 1.165) is 12.1 Å². The van der Waals surface area contributed by atoms with E-state index in [2.05, 4.69) is 6.07 Å². The number of hydrogen-bond acceptors (Lipinski definition) is 5. The molecule has 96 valence electrons. The standard InChI is InChI=1S/C13H17N3O2/c14-7-12-8-16(5-6-18-12)9-13(17)10-1-3-11(15)4-2-10/h1-4,12-13,17H,5-6,8-9,15H2. The van der Waals surface area contributed by atoms with Crippen LogP contribution in [0, 0.1) is 11.3 Å². The molecule has 2 atom stereocenters. The summed E-state index contributed by atoms with van der Waals surface area (Å²) in [7, 11) is 0. The molecule has 2 unspecified atom stereocenters. The smallest absolute Gasteiger partial charge is 0.156 e. The minimum absolute atomic E-state index is 0.391. The fourth-order valence-corrected chi connectivity index (χ4v) is 2.01. The van der Waals surface area contributed by atoms with E-state index in [1.165, 1.54) is 0 Å². The van der Waals surface area contributed by atoms with Crippen LogP contribution in [0.25, 0.3) is 0 Å². The first-order chi connectivity index (χ1) is 8.69. The van der Waals surface area contributed by atoms with E-state index in [9.17, 15) is 5.11 Å². The van der Waals surface area contributed by atoms with E-state index in [1.54, 1.807) is 12.1 Å². The second-order valence-electron chi connectivity index (χ2n) is 4.43. The van der Waals surface area contributed by atoms with E-state index in [0.29, 0.717) is 25.4 Å². The molecular formula is C13H17N3O2. The molecule has 1 aliphatic heterocycles. The third-order valence-electron chi connectivity index (χ3n) is 3.05. The maximum atomic E-state index is 10.1. The Kier molecular flexibility index (Phi) is 4.15. The first-order valence-corrected chi connectivity index (χ1v) is 5.96. The second-order valence-corrected chi connectivity index (χ2v) is 4.43. The number of aliphatic hydroxyl groups excluding tert-OH is 1. The summed E-state index contributed by atoms with van der Waals surface area (Å²) < 4.78 is 5.26. The van der Waals surface area contributed by atoms with Gasteiger partial charge in [0.25, 0.3) is 0 Å². The van der Waals surface area contributed by atoms with Gasteiger partial charge in [0.2, 0.25) is 0 Å². The van der Waals surface area contributed by atoms with E-state index >= 15 is 0 Å². The molecule has 0 aromatic heterocycles. The van der Waals surface area contributed by atoms with Gasteiger partial charge >= 0.3 is 0 Å². The van der Waals surface area contributed by atoms with Gasteiger partial charge in [-0.25, -0.2) is 0 Å². The van der Waals surface area contributed by atoms with Gasteiger partial charge in [0, 0.05) is 25.3 Å². The maximum Gasteiger partial charge on any atom is 0.156 e. The van der Waals surface area contributed by atoms with Crippen LogP contribution in [0.5, 0.6) is 0 Å². The summed E-state index contributed by atoms with van der Waals surface area (Å²) in [6.45, 7) is 2.32. The summed E-state index contributed by atoms with van der Waals surface area (Å²) >= 11 is 0. The van der Waals surface area contributed by atoms with Crippen molar-refractivity contribution in [3.05, 3.63) is 29.8 Å². The summed E-state index contributed by atoms with van der Waals surface area (Å²) in [6, 6.07) is 9.28. The fraction of sp³-hybridized carbons (Fsp3) is 0.462. The Hall–Kier alpha value is -1.61. The molecule has 1 aromatic carbocycles. The Labute approximate surface area is 106 Å². The Bertz CT molecular complexity index is 427. The zero-order valence-electron chi connectivity index (χ0n) is 10.1. The van der Waals surface area contributed by atoms with Crippen LogP contribution in [0.3, 0.4) is 0 Å². The molecule has 18 heavy (non-hydrogen) atoms. The summed E-state index contributed by atoms with van der Waals surface area (Å²) in [6.07, 6.45) is -0.958. The first-order valence-electron chi connectivity index (χ1n) is 5.96. The van der Waals surface area contributed by atoms with Crippen LogP contribution < -0.4 is 5.73 Å². The number of nitrogens with zero attached hydrogens (tertiary/aromatic N) is 2. The molecule has 1 aliphatic rings. The van der Waals surface area contributed by atoms with Gasteiger partial charge in [-0.1, -0.05) is 12.1 Å². The molecular weight excluding hydrogens is 230 g/mol. The van der Waals surface area contributed by atoms with Gasteiger partial charge in [0.15, 0.2) is 6.10 Å². The topological polar surface area (TPSA) is 82.5 Å². The number of morpholine rings is 1. The van der Waals surface area contributed by atoms with Gasteiger partial charge < -0.3 is 15.6 Å². The van der Waals surface area contributed by atoms with Crippen LogP contribution in [0.4, 0.5) is 5.69 Å². The predicted molar refractivity (Wildman–Crippen MR) is 67.6 cm³/mol. The molecule has 1 heterocycles. The van der Waals surface area contributed by atoms with Crippen molar-refractivity contribution >= 4 is 5.69 Å². The normalized spacial score (nSPS) is 22.3. The monoisotopic (exact) mass is 247 g/mol. The van der Waals surface area contributed by atoms with Crippen LogP contribution >= 0.6 is 0 Å². The van der Waals surface area contributed by atoms with Crippen molar-refractivity contribution in [1.29, 1.82) is 5.26 Å². The Morgan fingerprint density at radius 2 is 2.22 bits per heavy atom. The van der Waals surface area contributed by atoms with Crippen molar-refractivity contribution in [2.75, 3.05) is 32.0 Å². The third kappa shape index (κ3) is 3.20. The van der Waals surface area contributed by atoms with Gasteiger partial charge in [-0.15, -0.1) is 0 Å². The lowest BCUT2D eigenvalue weighted by Gasteiger charge is -2.31. The number of nitriles is 1. The number of rotatable bonds is 3. The van der Waals surface area contributed by atoms with Gasteiger partial charge in [-0.05, 0) is 17.7 Å². The number of hydrogen-bond donors (Lipinski definition) is 2. The van der Waals surface area contributed by atoms with Crippen molar-refractivity contribution < 1.29 is 9.84 Å². The highest BCUT2D eigenvalue weighted by molar-refractivity contribution is 5.39. The molecule has 5 heteroatoms. The van der Waals surface area contributed by atoms with E-state index in [4.69, 9.17) is 15.7 Å². The van der Waals surface area contributed by atoms with Crippen molar-refractivity contribution in [3.8, 4) is 6.07 Å². The zero-order chi connectivity index (χ0) is 13.0. The van der Waals surface area contributed by atoms with Gasteiger partial charge in [-0.3, -0.25) is 4.90 Å². The Morgan fingerprint density at radius 3 is 2.89 bits per heavy atom. The highest BCUT2D eigenvalue weighted by Crippen LogP contribution is 2.17. The number of ether oxygens (including phenoxy) is 1. The van der Waals surface area contributed by atoms with Crippen molar-refractivity contribution in [3.63, 3.8) is 0 Å².